The quantitative estimate of drug-likeness (QED) is 0.503. The summed E-state index contributed by atoms with van der Waals surface area (Å²) >= 11 is 0. The van der Waals surface area contributed by atoms with Gasteiger partial charge in [-0.15, -0.1) is 0 Å². The molecular weight excluding hydrogens is 363 g/mol. The Morgan fingerprint density at radius 1 is 0.667 bits per heavy atom. The van der Waals surface area contributed by atoms with E-state index in [1.165, 1.54) is 15.6 Å². The van der Waals surface area contributed by atoms with Gasteiger partial charge in [-0.1, -0.05) is 120 Å². The zero-order valence-corrected chi connectivity index (χ0v) is 18.5. The van der Waals surface area contributed by atoms with Crippen LogP contribution in [0.25, 0.3) is 5.20 Å². The molecule has 0 bridgehead atoms. The van der Waals surface area contributed by atoms with Crippen molar-refractivity contribution < 1.29 is 4.39 Å². The second kappa shape index (κ2) is 7.79. The molecule has 0 saturated heterocycles. The highest BCUT2D eigenvalue weighted by atomic mass is 28.3. The van der Waals surface area contributed by atoms with E-state index in [2.05, 4.69) is 92.6 Å². The fourth-order valence-electron chi connectivity index (χ4n) is 3.58. The maximum atomic E-state index is 13.6. The van der Waals surface area contributed by atoms with E-state index in [-0.39, 0.29) is 5.82 Å². The maximum Gasteiger partial charge on any atom is 0.123 e. The lowest BCUT2D eigenvalue weighted by Gasteiger charge is -2.31. The summed E-state index contributed by atoms with van der Waals surface area (Å²) in [6, 6.07) is 28.6. The summed E-state index contributed by atoms with van der Waals surface area (Å²) in [5.41, 5.74) is 3.68. The molecule has 0 unspecified atom stereocenters. The predicted molar refractivity (Wildman–Crippen MR) is 121 cm³/mol. The summed E-state index contributed by atoms with van der Waals surface area (Å²) in [4.78, 5) is 0. The SMILES string of the molecule is C[Si](C)(/C=C(/c1ccc(F)cc1)[Si](C)(C)c1ccccc1)c1ccccc1. The first-order chi connectivity index (χ1) is 12.8. The molecular formula is C24H27FSi2. The van der Waals surface area contributed by atoms with Crippen LogP contribution in [0.4, 0.5) is 4.39 Å². The van der Waals surface area contributed by atoms with E-state index in [9.17, 15) is 4.39 Å². The van der Waals surface area contributed by atoms with Crippen LogP contribution < -0.4 is 10.4 Å². The maximum absolute atomic E-state index is 13.6. The van der Waals surface area contributed by atoms with Crippen molar-refractivity contribution in [1.82, 2.24) is 0 Å². The molecule has 0 nitrogen and oxygen atoms in total. The molecule has 0 aliphatic rings. The average molecular weight is 391 g/mol. The first-order valence-corrected chi connectivity index (χ1v) is 15.5. The van der Waals surface area contributed by atoms with Gasteiger partial charge in [0.2, 0.25) is 0 Å². The Labute approximate surface area is 164 Å². The van der Waals surface area contributed by atoms with Gasteiger partial charge < -0.3 is 0 Å². The molecule has 0 heterocycles. The van der Waals surface area contributed by atoms with Crippen molar-refractivity contribution >= 4 is 31.7 Å². The highest BCUT2D eigenvalue weighted by Gasteiger charge is 2.32. The molecule has 27 heavy (non-hydrogen) atoms. The Kier molecular flexibility index (Phi) is 5.63. The number of rotatable bonds is 5. The fourth-order valence-corrected chi connectivity index (χ4v) is 10.4. The van der Waals surface area contributed by atoms with Crippen LogP contribution in [0.1, 0.15) is 5.56 Å². The third-order valence-corrected chi connectivity index (χ3v) is 12.0. The lowest BCUT2D eigenvalue weighted by molar-refractivity contribution is 0.627. The molecule has 0 amide bonds. The third-order valence-electron chi connectivity index (χ3n) is 5.35. The van der Waals surface area contributed by atoms with Crippen molar-refractivity contribution in [3.05, 3.63) is 102 Å². The number of benzene rings is 3. The number of hydrogen-bond acceptors (Lipinski definition) is 0. The molecule has 0 aliphatic carbocycles. The van der Waals surface area contributed by atoms with E-state index in [0.29, 0.717) is 0 Å². The molecule has 0 N–H and O–H groups in total. The summed E-state index contributed by atoms with van der Waals surface area (Å²) < 4.78 is 13.6. The van der Waals surface area contributed by atoms with Gasteiger partial charge in [0.05, 0.1) is 0 Å². The molecule has 138 valence electrons. The van der Waals surface area contributed by atoms with Gasteiger partial charge in [0, 0.05) is 0 Å². The zero-order chi connectivity index (χ0) is 19.5. The minimum Gasteiger partial charge on any atom is -0.207 e. The van der Waals surface area contributed by atoms with Gasteiger partial charge in [-0.05, 0) is 17.7 Å². The summed E-state index contributed by atoms with van der Waals surface area (Å²) in [7, 11) is -3.74. The average Bonchev–Trinajstić information content (AvgIpc) is 2.68. The van der Waals surface area contributed by atoms with Crippen molar-refractivity contribution in [3.63, 3.8) is 0 Å². The normalized spacial score (nSPS) is 12.9. The first-order valence-electron chi connectivity index (χ1n) is 9.41. The second-order valence-electron chi connectivity index (χ2n) is 8.14. The highest BCUT2D eigenvalue weighted by Crippen LogP contribution is 2.28. The van der Waals surface area contributed by atoms with Crippen LogP contribution in [0, 0.1) is 5.82 Å². The van der Waals surface area contributed by atoms with E-state index in [1.54, 1.807) is 12.1 Å². The molecule has 0 spiro atoms. The largest absolute Gasteiger partial charge is 0.207 e. The van der Waals surface area contributed by atoms with Crippen LogP contribution in [0.5, 0.6) is 0 Å². The van der Waals surface area contributed by atoms with Gasteiger partial charge in [0.15, 0.2) is 0 Å². The second-order valence-corrected chi connectivity index (χ2v) is 16.8. The molecule has 0 saturated carbocycles. The minimum absolute atomic E-state index is 0.183. The van der Waals surface area contributed by atoms with Gasteiger partial charge in [-0.2, -0.15) is 0 Å². The lowest BCUT2D eigenvalue weighted by Crippen LogP contribution is -2.46. The third kappa shape index (κ3) is 4.37. The predicted octanol–water partition coefficient (Wildman–Crippen LogP) is 5.52. The molecule has 0 aliphatic heterocycles. The molecule has 0 fully saturated rings. The fraction of sp³-hybridized carbons (Fsp3) is 0.167. The molecule has 3 aromatic rings. The topological polar surface area (TPSA) is 0 Å². The Morgan fingerprint density at radius 2 is 1.15 bits per heavy atom. The summed E-state index contributed by atoms with van der Waals surface area (Å²) in [6.07, 6.45) is 0. The molecule has 0 radical (unpaired) electrons. The summed E-state index contributed by atoms with van der Waals surface area (Å²) in [5, 5.41) is 4.22. The van der Waals surface area contributed by atoms with E-state index in [4.69, 9.17) is 0 Å². The van der Waals surface area contributed by atoms with Crippen molar-refractivity contribution in [1.29, 1.82) is 0 Å². The van der Waals surface area contributed by atoms with Crippen LogP contribution in [-0.4, -0.2) is 16.1 Å². The molecule has 3 heteroatoms. The van der Waals surface area contributed by atoms with Crippen molar-refractivity contribution in [2.24, 2.45) is 0 Å². The van der Waals surface area contributed by atoms with Gasteiger partial charge in [0.25, 0.3) is 0 Å². The van der Waals surface area contributed by atoms with Crippen molar-refractivity contribution in [2.75, 3.05) is 0 Å². The Morgan fingerprint density at radius 3 is 1.67 bits per heavy atom. The van der Waals surface area contributed by atoms with Gasteiger partial charge in [-0.3, -0.25) is 0 Å². The molecule has 3 aromatic carbocycles. The monoisotopic (exact) mass is 390 g/mol. The van der Waals surface area contributed by atoms with E-state index < -0.39 is 16.1 Å². The smallest absolute Gasteiger partial charge is 0.123 e. The standard InChI is InChI=1S/C24H27FSi2/c1-26(2,22-11-7-5-8-12-22)19-24(20-15-17-21(25)18-16-20)27(3,4)23-13-9-6-10-14-23/h5-19H,1-4H3/b24-19-. The molecule has 0 aromatic heterocycles. The number of hydrogen-bond donors (Lipinski definition) is 0. The summed E-state index contributed by atoms with van der Waals surface area (Å²) in [5.74, 6) is -0.183. The van der Waals surface area contributed by atoms with Crippen LogP contribution in [0.2, 0.25) is 26.2 Å². The van der Waals surface area contributed by atoms with Gasteiger partial charge in [0.1, 0.15) is 22.0 Å². The Balaban J connectivity index is 2.17. The zero-order valence-electron chi connectivity index (χ0n) is 16.5. The molecule has 3 rings (SSSR count). The van der Waals surface area contributed by atoms with Crippen molar-refractivity contribution in [2.45, 2.75) is 26.2 Å². The van der Waals surface area contributed by atoms with Crippen LogP contribution in [0.3, 0.4) is 0 Å². The first kappa shape index (κ1) is 19.5. The Hall–Kier alpha value is -2.24. The van der Waals surface area contributed by atoms with Crippen molar-refractivity contribution in [3.8, 4) is 0 Å². The van der Waals surface area contributed by atoms with Crippen LogP contribution in [-0.2, 0) is 0 Å². The van der Waals surface area contributed by atoms with Crippen LogP contribution >= 0.6 is 0 Å². The van der Waals surface area contributed by atoms with Gasteiger partial charge in [-0.25, -0.2) is 4.39 Å². The van der Waals surface area contributed by atoms with E-state index >= 15 is 0 Å². The highest BCUT2D eigenvalue weighted by molar-refractivity contribution is 7.07. The van der Waals surface area contributed by atoms with E-state index in [0.717, 1.165) is 5.56 Å². The van der Waals surface area contributed by atoms with Crippen LogP contribution in [0.15, 0.2) is 90.6 Å². The molecule has 0 atom stereocenters. The summed E-state index contributed by atoms with van der Waals surface area (Å²) in [6.45, 7) is 9.57. The van der Waals surface area contributed by atoms with E-state index in [1.807, 2.05) is 12.1 Å². The lowest BCUT2D eigenvalue weighted by atomic mass is 10.2. The minimum atomic E-state index is -1.94. The number of halogens is 1. The Bertz CT molecular complexity index is 912. The van der Waals surface area contributed by atoms with Gasteiger partial charge >= 0.3 is 0 Å².